The van der Waals surface area contributed by atoms with Crippen molar-refractivity contribution in [2.75, 3.05) is 20.1 Å². The van der Waals surface area contributed by atoms with Gasteiger partial charge >= 0.3 is 0 Å². The lowest BCUT2D eigenvalue weighted by Gasteiger charge is -2.11. The topological polar surface area (TPSA) is 65.1 Å². The molecule has 3 rings (SSSR count). The second-order valence-corrected chi connectivity index (χ2v) is 7.54. The average Bonchev–Trinajstić information content (AvgIpc) is 3.23. The summed E-state index contributed by atoms with van der Waals surface area (Å²) in [6.45, 7) is 5.99. The highest BCUT2D eigenvalue weighted by Gasteiger charge is 2.06. The van der Waals surface area contributed by atoms with Gasteiger partial charge < -0.3 is 15.6 Å². The van der Waals surface area contributed by atoms with Crippen LogP contribution in [0.1, 0.15) is 28.1 Å². The van der Waals surface area contributed by atoms with Crippen LogP contribution in [0.5, 0.6) is 0 Å². The lowest BCUT2D eigenvalue weighted by atomic mass is 10.1. The van der Waals surface area contributed by atoms with Gasteiger partial charge in [-0.2, -0.15) is 0 Å². The molecule has 0 aliphatic rings. The number of para-hydroxylation sites is 1. The van der Waals surface area contributed by atoms with Crippen molar-refractivity contribution in [1.29, 1.82) is 0 Å². The molecule has 3 N–H and O–H groups in total. The SMILES string of the molecule is CCc1nc(CCNC(=NC)NCCc2c[nH]c3ccccc23)sc1C.I. The molecule has 7 heteroatoms. The summed E-state index contributed by atoms with van der Waals surface area (Å²) in [6.07, 6.45) is 4.98. The molecule has 1 aromatic carbocycles. The standard InChI is InChI=1S/C20H27N5S.HI/c1-4-17-14(2)26-19(25-17)10-12-23-20(21-3)22-11-9-15-13-24-18-8-6-5-7-16(15)18;/h5-8,13,24H,4,9-12H2,1-3H3,(H2,21,22,23);1H. The van der Waals surface area contributed by atoms with Crippen molar-refractivity contribution in [2.45, 2.75) is 33.1 Å². The number of halogens is 1. The number of rotatable bonds is 7. The Morgan fingerprint density at radius 3 is 2.63 bits per heavy atom. The Kier molecular flexibility index (Phi) is 8.56. The number of nitrogens with one attached hydrogen (secondary N) is 3. The van der Waals surface area contributed by atoms with Gasteiger partial charge in [0, 0.05) is 48.5 Å². The zero-order valence-electron chi connectivity index (χ0n) is 16.1. The van der Waals surface area contributed by atoms with Crippen LogP contribution in [0.2, 0.25) is 0 Å². The molecule has 2 aromatic heterocycles. The molecule has 2 heterocycles. The average molecular weight is 497 g/mol. The van der Waals surface area contributed by atoms with Gasteiger partial charge in [-0.05, 0) is 31.4 Å². The van der Waals surface area contributed by atoms with E-state index in [-0.39, 0.29) is 24.0 Å². The number of guanidine groups is 1. The smallest absolute Gasteiger partial charge is 0.191 e. The predicted molar refractivity (Wildman–Crippen MR) is 127 cm³/mol. The van der Waals surface area contributed by atoms with Crippen molar-refractivity contribution < 1.29 is 0 Å². The number of thiazole rings is 1. The first kappa shape index (κ1) is 21.7. The van der Waals surface area contributed by atoms with Gasteiger partial charge in [0.1, 0.15) is 0 Å². The molecule has 5 nitrogen and oxygen atoms in total. The van der Waals surface area contributed by atoms with Crippen LogP contribution in [-0.2, 0) is 19.3 Å². The minimum Gasteiger partial charge on any atom is -0.361 e. The van der Waals surface area contributed by atoms with Crippen molar-refractivity contribution in [3.8, 4) is 0 Å². The number of fused-ring (bicyclic) bond motifs is 1. The van der Waals surface area contributed by atoms with E-state index in [1.54, 1.807) is 11.3 Å². The second kappa shape index (κ2) is 10.7. The number of hydrogen-bond donors (Lipinski definition) is 3. The van der Waals surface area contributed by atoms with Crippen LogP contribution in [0.25, 0.3) is 10.9 Å². The molecule has 0 saturated heterocycles. The van der Waals surface area contributed by atoms with E-state index >= 15 is 0 Å². The molecule has 146 valence electrons. The van der Waals surface area contributed by atoms with Gasteiger partial charge in [0.2, 0.25) is 0 Å². The molecular formula is C20H28IN5S. The highest BCUT2D eigenvalue weighted by molar-refractivity contribution is 14.0. The van der Waals surface area contributed by atoms with E-state index in [1.807, 2.05) is 7.05 Å². The van der Waals surface area contributed by atoms with Gasteiger partial charge in [-0.15, -0.1) is 35.3 Å². The van der Waals surface area contributed by atoms with Gasteiger partial charge in [0.05, 0.1) is 10.7 Å². The maximum Gasteiger partial charge on any atom is 0.191 e. The molecule has 0 atom stereocenters. The normalized spacial score (nSPS) is 11.4. The summed E-state index contributed by atoms with van der Waals surface area (Å²) in [5.74, 6) is 0.842. The van der Waals surface area contributed by atoms with Crippen LogP contribution >= 0.6 is 35.3 Å². The quantitative estimate of drug-likeness (QED) is 0.262. The van der Waals surface area contributed by atoms with Crippen LogP contribution in [-0.4, -0.2) is 36.1 Å². The number of aromatic amines is 1. The van der Waals surface area contributed by atoms with E-state index in [0.29, 0.717) is 0 Å². The number of aryl methyl sites for hydroxylation is 2. The van der Waals surface area contributed by atoms with E-state index in [4.69, 9.17) is 4.98 Å². The maximum atomic E-state index is 4.69. The van der Waals surface area contributed by atoms with Crippen molar-refractivity contribution in [2.24, 2.45) is 4.99 Å². The van der Waals surface area contributed by atoms with Gasteiger partial charge in [-0.1, -0.05) is 25.1 Å². The molecule has 0 fully saturated rings. The molecule has 0 radical (unpaired) electrons. The molecule has 27 heavy (non-hydrogen) atoms. The Balaban J connectivity index is 0.00000261. The Bertz CT molecular complexity index is 884. The molecule has 0 aliphatic carbocycles. The zero-order valence-corrected chi connectivity index (χ0v) is 19.3. The number of aromatic nitrogens is 2. The Morgan fingerprint density at radius 2 is 1.93 bits per heavy atom. The summed E-state index contributed by atoms with van der Waals surface area (Å²) in [5, 5.41) is 9.26. The number of nitrogens with zero attached hydrogens (tertiary/aromatic N) is 2. The lowest BCUT2D eigenvalue weighted by Crippen LogP contribution is -2.39. The first-order valence-electron chi connectivity index (χ1n) is 9.16. The van der Waals surface area contributed by atoms with Crippen molar-refractivity contribution in [3.05, 3.63) is 51.6 Å². The number of benzene rings is 1. The monoisotopic (exact) mass is 497 g/mol. The third-order valence-corrected chi connectivity index (χ3v) is 5.56. The number of aliphatic imine (C=N–C) groups is 1. The Hall–Kier alpha value is -1.61. The Labute approximate surface area is 182 Å². The van der Waals surface area contributed by atoms with Gasteiger partial charge in [0.25, 0.3) is 0 Å². The minimum atomic E-state index is 0. The maximum absolute atomic E-state index is 4.69. The second-order valence-electron chi connectivity index (χ2n) is 6.25. The van der Waals surface area contributed by atoms with Crippen molar-refractivity contribution in [1.82, 2.24) is 20.6 Å². The van der Waals surface area contributed by atoms with E-state index in [0.717, 1.165) is 38.3 Å². The number of hydrogen-bond acceptors (Lipinski definition) is 3. The van der Waals surface area contributed by atoms with Crippen LogP contribution in [0.4, 0.5) is 0 Å². The van der Waals surface area contributed by atoms with E-state index in [2.05, 4.69) is 64.9 Å². The van der Waals surface area contributed by atoms with Gasteiger partial charge in [-0.25, -0.2) is 4.98 Å². The third-order valence-electron chi connectivity index (χ3n) is 4.49. The molecular weight excluding hydrogens is 469 g/mol. The van der Waals surface area contributed by atoms with Crippen LogP contribution in [0, 0.1) is 6.92 Å². The molecule has 0 aliphatic heterocycles. The number of H-pyrrole nitrogens is 1. The fraction of sp³-hybridized carbons (Fsp3) is 0.400. The molecule has 0 amide bonds. The summed E-state index contributed by atoms with van der Waals surface area (Å²) in [7, 11) is 1.81. The summed E-state index contributed by atoms with van der Waals surface area (Å²) >= 11 is 1.80. The molecule has 0 saturated carbocycles. The molecule has 0 spiro atoms. The lowest BCUT2D eigenvalue weighted by molar-refractivity contribution is 0.781. The summed E-state index contributed by atoms with van der Waals surface area (Å²) in [4.78, 5) is 13.7. The largest absolute Gasteiger partial charge is 0.361 e. The van der Waals surface area contributed by atoms with E-state index in [1.165, 1.54) is 32.0 Å². The van der Waals surface area contributed by atoms with Crippen LogP contribution in [0.15, 0.2) is 35.5 Å². The van der Waals surface area contributed by atoms with Crippen molar-refractivity contribution >= 4 is 52.2 Å². The summed E-state index contributed by atoms with van der Waals surface area (Å²) in [5.41, 5.74) is 3.75. The third kappa shape index (κ3) is 5.68. The highest BCUT2D eigenvalue weighted by Crippen LogP contribution is 2.18. The molecule has 0 bridgehead atoms. The molecule has 0 unspecified atom stereocenters. The molecule has 3 aromatic rings. The van der Waals surface area contributed by atoms with Gasteiger partial charge in [-0.3, -0.25) is 4.99 Å². The summed E-state index contributed by atoms with van der Waals surface area (Å²) < 4.78 is 0. The first-order chi connectivity index (χ1) is 12.7. The van der Waals surface area contributed by atoms with Crippen molar-refractivity contribution in [3.63, 3.8) is 0 Å². The van der Waals surface area contributed by atoms with E-state index in [9.17, 15) is 0 Å². The predicted octanol–water partition coefficient (Wildman–Crippen LogP) is 4.06. The van der Waals surface area contributed by atoms with Crippen LogP contribution < -0.4 is 10.6 Å². The van der Waals surface area contributed by atoms with Gasteiger partial charge in [0.15, 0.2) is 5.96 Å². The summed E-state index contributed by atoms with van der Waals surface area (Å²) in [6, 6.07) is 8.41. The fourth-order valence-electron chi connectivity index (χ4n) is 3.09. The zero-order chi connectivity index (χ0) is 18.4. The first-order valence-corrected chi connectivity index (χ1v) is 9.97. The van der Waals surface area contributed by atoms with Crippen LogP contribution in [0.3, 0.4) is 0 Å². The Morgan fingerprint density at radius 1 is 1.19 bits per heavy atom. The fourth-order valence-corrected chi connectivity index (χ4v) is 4.11. The highest BCUT2D eigenvalue weighted by atomic mass is 127. The van der Waals surface area contributed by atoms with E-state index < -0.39 is 0 Å². The minimum absolute atomic E-state index is 0.